The predicted octanol–water partition coefficient (Wildman–Crippen LogP) is 0.334. The minimum absolute atomic E-state index is 0.159. The third kappa shape index (κ3) is 1.90. The SMILES string of the molecule is Cc1cc(C(=O)N2CCNC(=O)C2(C)C)on1. The highest BCUT2D eigenvalue weighted by molar-refractivity contribution is 5.98. The zero-order chi connectivity index (χ0) is 12.6. The summed E-state index contributed by atoms with van der Waals surface area (Å²) in [6, 6.07) is 1.57. The predicted molar refractivity (Wildman–Crippen MR) is 59.4 cm³/mol. The van der Waals surface area contributed by atoms with Crippen LogP contribution in [-0.4, -0.2) is 40.5 Å². The zero-order valence-corrected chi connectivity index (χ0v) is 10.1. The second kappa shape index (κ2) is 3.87. The molecule has 0 saturated carbocycles. The molecule has 1 N–H and O–H groups in total. The van der Waals surface area contributed by atoms with E-state index in [4.69, 9.17) is 4.52 Å². The van der Waals surface area contributed by atoms with Crippen LogP contribution >= 0.6 is 0 Å². The second-order valence-electron chi connectivity index (χ2n) is 4.60. The van der Waals surface area contributed by atoms with E-state index in [1.165, 1.54) is 4.90 Å². The lowest BCUT2D eigenvalue weighted by Crippen LogP contribution is -2.63. The fourth-order valence-corrected chi connectivity index (χ4v) is 1.85. The quantitative estimate of drug-likeness (QED) is 0.764. The lowest BCUT2D eigenvalue weighted by molar-refractivity contribution is -0.133. The zero-order valence-electron chi connectivity index (χ0n) is 10.1. The molecule has 92 valence electrons. The molecule has 2 amide bonds. The number of nitrogens with zero attached hydrogens (tertiary/aromatic N) is 2. The van der Waals surface area contributed by atoms with E-state index in [9.17, 15) is 9.59 Å². The van der Waals surface area contributed by atoms with Gasteiger partial charge < -0.3 is 14.7 Å². The number of rotatable bonds is 1. The Morgan fingerprint density at radius 3 is 2.88 bits per heavy atom. The normalized spacial score (nSPS) is 19.0. The highest BCUT2D eigenvalue weighted by Crippen LogP contribution is 2.20. The van der Waals surface area contributed by atoms with Crippen LogP contribution in [0.2, 0.25) is 0 Å². The van der Waals surface area contributed by atoms with Crippen LogP contribution in [0.1, 0.15) is 30.1 Å². The monoisotopic (exact) mass is 237 g/mol. The van der Waals surface area contributed by atoms with Gasteiger partial charge in [0.05, 0.1) is 5.69 Å². The first-order valence-corrected chi connectivity index (χ1v) is 5.46. The molecule has 1 fully saturated rings. The van der Waals surface area contributed by atoms with E-state index in [0.717, 1.165) is 0 Å². The van der Waals surface area contributed by atoms with Crippen molar-refractivity contribution < 1.29 is 14.1 Å². The lowest BCUT2D eigenvalue weighted by atomic mass is 9.98. The Morgan fingerprint density at radius 2 is 2.29 bits per heavy atom. The van der Waals surface area contributed by atoms with Crippen LogP contribution in [0.15, 0.2) is 10.6 Å². The number of hydrogen-bond donors (Lipinski definition) is 1. The first-order valence-electron chi connectivity index (χ1n) is 5.46. The summed E-state index contributed by atoms with van der Waals surface area (Å²) in [4.78, 5) is 25.4. The van der Waals surface area contributed by atoms with Gasteiger partial charge in [0.1, 0.15) is 5.54 Å². The maximum absolute atomic E-state index is 12.2. The molecule has 1 aliphatic heterocycles. The Kier molecular flexibility index (Phi) is 2.65. The molecule has 1 aromatic rings. The average molecular weight is 237 g/mol. The highest BCUT2D eigenvalue weighted by Gasteiger charge is 2.41. The molecule has 1 aliphatic rings. The summed E-state index contributed by atoms with van der Waals surface area (Å²) in [6.07, 6.45) is 0. The summed E-state index contributed by atoms with van der Waals surface area (Å²) in [5, 5.41) is 6.41. The van der Waals surface area contributed by atoms with E-state index in [2.05, 4.69) is 10.5 Å². The topological polar surface area (TPSA) is 75.4 Å². The van der Waals surface area contributed by atoms with E-state index in [0.29, 0.717) is 18.8 Å². The molecule has 0 aromatic carbocycles. The van der Waals surface area contributed by atoms with Gasteiger partial charge in [-0.15, -0.1) is 0 Å². The van der Waals surface area contributed by atoms with Gasteiger partial charge in [-0.25, -0.2) is 0 Å². The molecule has 0 bridgehead atoms. The maximum Gasteiger partial charge on any atom is 0.293 e. The molecule has 0 aliphatic carbocycles. The number of hydrogen-bond acceptors (Lipinski definition) is 4. The summed E-state index contributed by atoms with van der Waals surface area (Å²) in [7, 11) is 0. The fraction of sp³-hybridized carbons (Fsp3) is 0.545. The van der Waals surface area contributed by atoms with Gasteiger partial charge in [-0.2, -0.15) is 0 Å². The number of aryl methyl sites for hydroxylation is 1. The summed E-state index contributed by atoms with van der Waals surface area (Å²) >= 11 is 0. The number of carbonyl (C=O) groups is 2. The molecular weight excluding hydrogens is 222 g/mol. The van der Waals surface area contributed by atoms with E-state index < -0.39 is 5.54 Å². The van der Waals surface area contributed by atoms with Gasteiger partial charge in [0, 0.05) is 19.2 Å². The minimum atomic E-state index is -0.865. The van der Waals surface area contributed by atoms with E-state index >= 15 is 0 Å². The molecule has 1 saturated heterocycles. The average Bonchev–Trinajstić information content (AvgIpc) is 2.68. The van der Waals surface area contributed by atoms with Crippen molar-refractivity contribution in [1.29, 1.82) is 0 Å². The van der Waals surface area contributed by atoms with Gasteiger partial charge in [-0.05, 0) is 20.8 Å². The van der Waals surface area contributed by atoms with E-state index in [1.54, 1.807) is 26.8 Å². The largest absolute Gasteiger partial charge is 0.352 e. The van der Waals surface area contributed by atoms with Crippen LogP contribution in [0, 0.1) is 6.92 Å². The van der Waals surface area contributed by atoms with Crippen molar-refractivity contribution in [3.63, 3.8) is 0 Å². The Bertz CT molecular complexity index is 464. The third-order valence-electron chi connectivity index (χ3n) is 2.94. The van der Waals surface area contributed by atoms with Crippen molar-refractivity contribution in [2.45, 2.75) is 26.3 Å². The number of aromatic nitrogens is 1. The van der Waals surface area contributed by atoms with Crippen molar-refractivity contribution in [3.8, 4) is 0 Å². The van der Waals surface area contributed by atoms with Crippen molar-refractivity contribution in [1.82, 2.24) is 15.4 Å². The summed E-state index contributed by atoms with van der Waals surface area (Å²) in [5.41, 5.74) is -0.219. The molecular formula is C11H15N3O3. The molecule has 2 rings (SSSR count). The number of piperazine rings is 1. The first-order chi connectivity index (χ1) is 7.93. The second-order valence-corrected chi connectivity index (χ2v) is 4.60. The Hall–Kier alpha value is -1.85. The van der Waals surface area contributed by atoms with Crippen LogP contribution in [-0.2, 0) is 4.79 Å². The molecule has 0 radical (unpaired) electrons. The van der Waals surface area contributed by atoms with Gasteiger partial charge in [-0.3, -0.25) is 9.59 Å². The van der Waals surface area contributed by atoms with Crippen LogP contribution in [0.5, 0.6) is 0 Å². The standard InChI is InChI=1S/C11H15N3O3/c1-7-6-8(17-13-7)9(15)14-5-4-12-10(16)11(14,2)3/h6H,4-5H2,1-3H3,(H,12,16). The first kappa shape index (κ1) is 11.6. The van der Waals surface area contributed by atoms with Gasteiger partial charge in [0.2, 0.25) is 11.7 Å². The van der Waals surface area contributed by atoms with Gasteiger partial charge in [0.25, 0.3) is 5.91 Å². The molecule has 2 heterocycles. The minimum Gasteiger partial charge on any atom is -0.352 e. The van der Waals surface area contributed by atoms with E-state index in [-0.39, 0.29) is 17.6 Å². The maximum atomic E-state index is 12.2. The van der Waals surface area contributed by atoms with E-state index in [1.807, 2.05) is 0 Å². The lowest BCUT2D eigenvalue weighted by Gasteiger charge is -2.40. The van der Waals surface area contributed by atoms with Crippen LogP contribution < -0.4 is 5.32 Å². The Labute approximate surface area is 98.9 Å². The molecule has 6 nitrogen and oxygen atoms in total. The fourth-order valence-electron chi connectivity index (χ4n) is 1.85. The van der Waals surface area contributed by atoms with Crippen molar-refractivity contribution in [2.24, 2.45) is 0 Å². The smallest absolute Gasteiger partial charge is 0.293 e. The summed E-state index contributed by atoms with van der Waals surface area (Å²) in [5.74, 6) is -0.288. The molecule has 6 heteroatoms. The Morgan fingerprint density at radius 1 is 1.59 bits per heavy atom. The number of nitrogens with one attached hydrogen (secondary N) is 1. The molecule has 0 unspecified atom stereocenters. The highest BCUT2D eigenvalue weighted by atomic mass is 16.5. The van der Waals surface area contributed by atoms with Crippen molar-refractivity contribution in [2.75, 3.05) is 13.1 Å². The molecule has 0 spiro atoms. The van der Waals surface area contributed by atoms with Crippen molar-refractivity contribution >= 4 is 11.8 Å². The molecule has 0 atom stereocenters. The number of amides is 2. The Balaban J connectivity index is 2.27. The van der Waals surface area contributed by atoms with Crippen molar-refractivity contribution in [3.05, 3.63) is 17.5 Å². The van der Waals surface area contributed by atoms with Gasteiger partial charge in [-0.1, -0.05) is 5.16 Å². The van der Waals surface area contributed by atoms with Gasteiger partial charge in [0.15, 0.2) is 0 Å². The number of carbonyl (C=O) groups excluding carboxylic acids is 2. The summed E-state index contributed by atoms with van der Waals surface area (Å²) < 4.78 is 4.93. The van der Waals surface area contributed by atoms with Gasteiger partial charge >= 0.3 is 0 Å². The third-order valence-corrected chi connectivity index (χ3v) is 2.94. The molecule has 17 heavy (non-hydrogen) atoms. The van der Waals surface area contributed by atoms with Crippen LogP contribution in [0.4, 0.5) is 0 Å². The molecule has 1 aromatic heterocycles. The van der Waals surface area contributed by atoms with Crippen LogP contribution in [0.25, 0.3) is 0 Å². The summed E-state index contributed by atoms with van der Waals surface area (Å²) in [6.45, 7) is 6.10. The van der Waals surface area contributed by atoms with Crippen LogP contribution in [0.3, 0.4) is 0 Å².